The Hall–Kier alpha value is -5.99. The van der Waals surface area contributed by atoms with E-state index in [0.29, 0.717) is 30.9 Å². The Morgan fingerprint density at radius 2 is 1.56 bits per heavy atom. The number of amides is 2. The number of benzene rings is 3. The lowest BCUT2D eigenvalue weighted by molar-refractivity contribution is -0.438. The average molecular weight is 850 g/mol. The van der Waals surface area contributed by atoms with Crippen molar-refractivity contribution in [2.45, 2.75) is 102 Å². The molecule has 61 heavy (non-hydrogen) atoms. The summed E-state index contributed by atoms with van der Waals surface area (Å²) in [5, 5.41) is 11.7. The predicted octanol–water partition coefficient (Wildman–Crippen LogP) is 8.68. The number of carbonyl (C=O) groups excluding carboxylic acids is 3. The number of anilines is 1. The number of rotatable bonds is 17. The van der Waals surface area contributed by atoms with E-state index in [1.807, 2.05) is 62.4 Å². The molecule has 14 heteroatoms. The molecule has 3 aromatic carbocycles. The zero-order valence-electron chi connectivity index (χ0n) is 35.3. The molecule has 0 bridgehead atoms. The molecule has 0 saturated carbocycles. The van der Waals surface area contributed by atoms with E-state index in [1.54, 1.807) is 18.2 Å². The van der Waals surface area contributed by atoms with Crippen LogP contribution < -0.4 is 4.90 Å². The molecule has 320 valence electrons. The summed E-state index contributed by atoms with van der Waals surface area (Å²) in [6.45, 7) is 11.9. The molecule has 1 saturated heterocycles. The minimum absolute atomic E-state index is 0.0357. The summed E-state index contributed by atoms with van der Waals surface area (Å²) in [6, 6.07) is 17.9. The molecule has 0 atom stereocenters. The highest BCUT2D eigenvalue weighted by Crippen LogP contribution is 2.48. The SMILES string of the molecule is Cc1ccc2c(c1)C(C)(C)C(=CC=CC=CC=CC1=[N+](CCCCCC(=O)ON3C(=O)CCC3=O)c3ccc(S(=O)(=O)O)cc3C1(C)C)N2CCCc1ccc([N+](=O)[O-])cc1. The third-order valence-corrected chi connectivity index (χ3v) is 12.5. The minimum atomic E-state index is -4.42. The fourth-order valence-electron chi connectivity index (χ4n) is 8.32. The number of hydrogen-bond acceptors (Lipinski definition) is 9. The maximum Gasteiger partial charge on any atom is 0.333 e. The van der Waals surface area contributed by atoms with Crippen LogP contribution in [-0.2, 0) is 46.6 Å². The first-order chi connectivity index (χ1) is 28.9. The van der Waals surface area contributed by atoms with Crippen molar-refractivity contribution in [2.24, 2.45) is 0 Å². The van der Waals surface area contributed by atoms with E-state index in [0.717, 1.165) is 41.9 Å². The minimum Gasteiger partial charge on any atom is -0.344 e. The molecule has 3 heterocycles. The van der Waals surface area contributed by atoms with Gasteiger partial charge in [0.1, 0.15) is 6.54 Å². The van der Waals surface area contributed by atoms with Crippen LogP contribution in [-0.4, -0.2) is 64.1 Å². The molecule has 1 N–H and O–H groups in total. The van der Waals surface area contributed by atoms with Gasteiger partial charge < -0.3 is 9.74 Å². The lowest BCUT2D eigenvalue weighted by atomic mass is 9.81. The molecule has 3 aromatic rings. The Bertz CT molecular complexity index is 2480. The maximum atomic E-state index is 12.3. The van der Waals surface area contributed by atoms with Gasteiger partial charge in [-0.3, -0.25) is 24.3 Å². The number of hydroxylamine groups is 2. The van der Waals surface area contributed by atoms with Crippen molar-refractivity contribution in [1.82, 2.24) is 5.06 Å². The van der Waals surface area contributed by atoms with Crippen LogP contribution in [0.3, 0.4) is 0 Å². The van der Waals surface area contributed by atoms with Gasteiger partial charge in [-0.2, -0.15) is 13.0 Å². The summed E-state index contributed by atoms with van der Waals surface area (Å²) >= 11 is 0. The fraction of sp³-hybridized carbons (Fsp3) is 0.362. The fourth-order valence-corrected chi connectivity index (χ4v) is 8.83. The molecular weight excluding hydrogens is 797 g/mol. The topological polar surface area (TPSA) is 167 Å². The van der Waals surface area contributed by atoms with E-state index in [4.69, 9.17) is 4.84 Å². The van der Waals surface area contributed by atoms with Crippen LogP contribution in [0.15, 0.2) is 114 Å². The summed E-state index contributed by atoms with van der Waals surface area (Å²) in [6.07, 6.45) is 17.6. The van der Waals surface area contributed by atoms with Gasteiger partial charge in [0.2, 0.25) is 5.69 Å². The van der Waals surface area contributed by atoms with Crippen molar-refractivity contribution in [2.75, 3.05) is 18.0 Å². The van der Waals surface area contributed by atoms with E-state index in [1.165, 1.54) is 34.6 Å². The average Bonchev–Trinajstić information content (AvgIpc) is 3.71. The van der Waals surface area contributed by atoms with E-state index in [9.17, 15) is 37.5 Å². The molecule has 6 rings (SSSR count). The lowest BCUT2D eigenvalue weighted by Gasteiger charge is -2.27. The number of allylic oxidation sites excluding steroid dienone is 8. The standard InChI is InChI=1S/C47H52N4O9S/c1-33-19-25-39-37(31-33)46(2,3)41(49(39)30-14-15-34-20-22-35(23-21-34)51(55)56)16-10-7-6-8-11-17-42-47(4,5)38-32-36(61(57,58)59)24-26-40(38)48(42)29-13-9-12-18-45(54)60-50-43(52)27-28-44(50)53/h6-8,10-11,16-17,19-26,31-32H,9,12-15,18,27-30H2,1-5H3/p+1. The Morgan fingerprint density at radius 3 is 2.25 bits per heavy atom. The first kappa shape index (κ1) is 44.6. The quantitative estimate of drug-likeness (QED) is 0.0264. The van der Waals surface area contributed by atoms with Gasteiger partial charge in [0.05, 0.1) is 15.2 Å². The Labute approximate surface area is 357 Å². The van der Waals surface area contributed by atoms with E-state index < -0.39 is 33.3 Å². The lowest BCUT2D eigenvalue weighted by Crippen LogP contribution is -2.31. The molecule has 13 nitrogen and oxygen atoms in total. The monoisotopic (exact) mass is 849 g/mol. The van der Waals surface area contributed by atoms with Gasteiger partial charge in [0.15, 0.2) is 5.71 Å². The molecule has 3 aliphatic heterocycles. The maximum absolute atomic E-state index is 12.3. The zero-order valence-corrected chi connectivity index (χ0v) is 36.1. The number of hydrogen-bond donors (Lipinski definition) is 1. The Balaban J connectivity index is 1.15. The van der Waals surface area contributed by atoms with Crippen molar-refractivity contribution >= 4 is 50.7 Å². The van der Waals surface area contributed by atoms with Crippen LogP contribution in [0, 0.1) is 17.0 Å². The smallest absolute Gasteiger partial charge is 0.333 e. The second-order valence-electron chi connectivity index (χ2n) is 16.7. The van der Waals surface area contributed by atoms with Gasteiger partial charge in [-0.05, 0) is 81.9 Å². The van der Waals surface area contributed by atoms with Crippen molar-refractivity contribution in [3.05, 3.63) is 141 Å². The van der Waals surface area contributed by atoms with E-state index >= 15 is 0 Å². The number of nitro benzene ring substituents is 1. The van der Waals surface area contributed by atoms with Crippen LogP contribution in [0.2, 0.25) is 0 Å². The second-order valence-corrected chi connectivity index (χ2v) is 18.1. The normalized spacial score (nSPS) is 17.8. The molecule has 0 spiro atoms. The van der Waals surface area contributed by atoms with Gasteiger partial charge in [0.25, 0.3) is 27.6 Å². The first-order valence-electron chi connectivity index (χ1n) is 20.6. The van der Waals surface area contributed by atoms with Crippen LogP contribution in [0.4, 0.5) is 17.1 Å². The molecule has 0 unspecified atom stereocenters. The summed E-state index contributed by atoms with van der Waals surface area (Å²) in [4.78, 5) is 53.8. The Kier molecular flexibility index (Phi) is 13.4. The van der Waals surface area contributed by atoms with E-state index in [-0.39, 0.29) is 40.2 Å². The number of aryl methyl sites for hydroxylation is 2. The number of imide groups is 1. The van der Waals surface area contributed by atoms with Crippen LogP contribution in [0.1, 0.15) is 94.9 Å². The molecule has 2 amide bonds. The van der Waals surface area contributed by atoms with Crippen molar-refractivity contribution in [3.63, 3.8) is 0 Å². The van der Waals surface area contributed by atoms with Gasteiger partial charge in [0, 0.05) is 78.9 Å². The highest BCUT2D eigenvalue weighted by molar-refractivity contribution is 7.85. The van der Waals surface area contributed by atoms with Crippen LogP contribution in [0.5, 0.6) is 0 Å². The number of fused-ring (bicyclic) bond motifs is 2. The highest BCUT2D eigenvalue weighted by Gasteiger charge is 2.45. The number of unbranched alkanes of at least 4 members (excludes halogenated alkanes) is 2. The summed E-state index contributed by atoms with van der Waals surface area (Å²) in [5.41, 5.74) is 7.62. The van der Waals surface area contributed by atoms with Crippen molar-refractivity contribution in [1.29, 1.82) is 0 Å². The van der Waals surface area contributed by atoms with E-state index in [2.05, 4.69) is 54.5 Å². The number of nitrogens with zero attached hydrogens (tertiary/aromatic N) is 4. The Morgan fingerprint density at radius 1 is 0.869 bits per heavy atom. The molecule has 0 radical (unpaired) electrons. The number of carbonyl (C=O) groups is 3. The second kappa shape index (κ2) is 18.3. The largest absolute Gasteiger partial charge is 0.344 e. The zero-order chi connectivity index (χ0) is 44.1. The van der Waals surface area contributed by atoms with Crippen LogP contribution in [0.25, 0.3) is 0 Å². The van der Waals surface area contributed by atoms with Gasteiger partial charge in [-0.1, -0.05) is 74.1 Å². The molecule has 0 aromatic heterocycles. The van der Waals surface area contributed by atoms with Gasteiger partial charge in [-0.25, -0.2) is 4.79 Å². The van der Waals surface area contributed by atoms with Crippen LogP contribution >= 0.6 is 0 Å². The third-order valence-electron chi connectivity index (χ3n) is 11.6. The van der Waals surface area contributed by atoms with Crippen molar-refractivity contribution < 1.29 is 41.7 Å². The van der Waals surface area contributed by atoms with Crippen molar-refractivity contribution in [3.8, 4) is 0 Å². The molecule has 0 aliphatic carbocycles. The number of nitro groups is 1. The highest BCUT2D eigenvalue weighted by atomic mass is 32.2. The number of non-ortho nitro benzene ring substituents is 1. The predicted molar refractivity (Wildman–Crippen MR) is 233 cm³/mol. The van der Waals surface area contributed by atoms with Gasteiger partial charge >= 0.3 is 5.97 Å². The molecule has 3 aliphatic rings. The summed E-state index contributed by atoms with van der Waals surface area (Å²) in [5.74, 6) is -1.67. The summed E-state index contributed by atoms with van der Waals surface area (Å²) < 4.78 is 36.1. The van der Waals surface area contributed by atoms with Gasteiger partial charge in [-0.15, -0.1) is 5.06 Å². The third kappa shape index (κ3) is 9.98. The summed E-state index contributed by atoms with van der Waals surface area (Å²) in [7, 11) is -4.42. The molecular formula is C47H53N4O9S+. The molecule has 1 fully saturated rings. The first-order valence-corrected chi connectivity index (χ1v) is 22.0.